The van der Waals surface area contributed by atoms with Gasteiger partial charge in [0.1, 0.15) is 6.61 Å². The highest BCUT2D eigenvalue weighted by atomic mass is 16.6. The van der Waals surface area contributed by atoms with Crippen molar-refractivity contribution in [1.29, 1.82) is 0 Å². The fraction of sp³-hybridized carbons (Fsp3) is 0.400. The molecule has 0 fully saturated rings. The van der Waals surface area contributed by atoms with E-state index in [-0.39, 0.29) is 24.9 Å². The van der Waals surface area contributed by atoms with E-state index in [1.807, 2.05) is 6.92 Å². The van der Waals surface area contributed by atoms with E-state index >= 15 is 0 Å². The molecule has 114 valence electrons. The first kappa shape index (κ1) is 16.8. The minimum absolute atomic E-state index is 0.0647. The van der Waals surface area contributed by atoms with Crippen LogP contribution in [-0.4, -0.2) is 38.0 Å². The SMILES string of the molecule is CCCC(=O)Nc1ccc(C(=O)COC(=O)COC)cc1. The lowest BCUT2D eigenvalue weighted by Crippen LogP contribution is -2.17. The van der Waals surface area contributed by atoms with E-state index < -0.39 is 5.97 Å². The summed E-state index contributed by atoms with van der Waals surface area (Å²) in [6, 6.07) is 6.43. The number of benzene rings is 1. The van der Waals surface area contributed by atoms with E-state index in [0.717, 1.165) is 6.42 Å². The molecule has 0 aliphatic heterocycles. The zero-order chi connectivity index (χ0) is 15.7. The molecule has 1 rings (SSSR count). The second kappa shape index (κ2) is 8.86. The van der Waals surface area contributed by atoms with E-state index in [4.69, 9.17) is 4.74 Å². The molecule has 6 heteroatoms. The molecule has 21 heavy (non-hydrogen) atoms. The van der Waals surface area contributed by atoms with Crippen molar-refractivity contribution in [3.05, 3.63) is 29.8 Å². The van der Waals surface area contributed by atoms with Crippen LogP contribution in [0.4, 0.5) is 5.69 Å². The Kier molecular flexibility index (Phi) is 7.11. The molecule has 0 aliphatic rings. The number of carbonyl (C=O) groups excluding carboxylic acids is 3. The number of ketones is 1. The third-order valence-electron chi connectivity index (χ3n) is 2.59. The first-order valence-electron chi connectivity index (χ1n) is 6.64. The fourth-order valence-corrected chi connectivity index (χ4v) is 1.58. The van der Waals surface area contributed by atoms with Gasteiger partial charge in [-0.25, -0.2) is 4.79 Å². The van der Waals surface area contributed by atoms with Crippen LogP contribution < -0.4 is 5.32 Å². The summed E-state index contributed by atoms with van der Waals surface area (Å²) in [5, 5.41) is 2.72. The van der Waals surface area contributed by atoms with E-state index in [1.54, 1.807) is 24.3 Å². The van der Waals surface area contributed by atoms with E-state index in [0.29, 0.717) is 17.7 Å². The van der Waals surface area contributed by atoms with Gasteiger partial charge in [0.15, 0.2) is 12.4 Å². The number of esters is 1. The molecule has 6 nitrogen and oxygen atoms in total. The average molecular weight is 293 g/mol. The van der Waals surface area contributed by atoms with Crippen LogP contribution >= 0.6 is 0 Å². The topological polar surface area (TPSA) is 81.7 Å². The first-order valence-corrected chi connectivity index (χ1v) is 6.64. The molecule has 0 radical (unpaired) electrons. The highest BCUT2D eigenvalue weighted by molar-refractivity contribution is 5.98. The molecule has 0 heterocycles. The number of Topliss-reactive ketones (excluding diaryl/α,β-unsaturated/α-hetero) is 1. The molecule has 0 saturated carbocycles. The molecule has 0 spiro atoms. The Balaban J connectivity index is 2.51. The number of amides is 1. The van der Waals surface area contributed by atoms with Crippen LogP contribution in [0.25, 0.3) is 0 Å². The molecule has 0 aromatic heterocycles. The maximum Gasteiger partial charge on any atom is 0.332 e. The second-order valence-electron chi connectivity index (χ2n) is 4.39. The summed E-state index contributed by atoms with van der Waals surface area (Å²) in [6.07, 6.45) is 1.23. The van der Waals surface area contributed by atoms with Gasteiger partial charge in [0.2, 0.25) is 5.91 Å². The highest BCUT2D eigenvalue weighted by Gasteiger charge is 2.10. The summed E-state index contributed by atoms with van der Waals surface area (Å²) < 4.78 is 9.33. The summed E-state index contributed by atoms with van der Waals surface area (Å²) in [5.74, 6) is -0.967. The molecule has 0 aliphatic carbocycles. The van der Waals surface area contributed by atoms with Gasteiger partial charge >= 0.3 is 5.97 Å². The largest absolute Gasteiger partial charge is 0.456 e. The van der Waals surface area contributed by atoms with Gasteiger partial charge in [-0.1, -0.05) is 6.92 Å². The Morgan fingerprint density at radius 1 is 1.10 bits per heavy atom. The Labute approximate surface area is 123 Å². The monoisotopic (exact) mass is 293 g/mol. The third-order valence-corrected chi connectivity index (χ3v) is 2.59. The van der Waals surface area contributed by atoms with Crippen molar-refractivity contribution in [3.8, 4) is 0 Å². The quantitative estimate of drug-likeness (QED) is 0.584. The molecule has 0 unspecified atom stereocenters. The Morgan fingerprint density at radius 3 is 2.33 bits per heavy atom. The zero-order valence-corrected chi connectivity index (χ0v) is 12.2. The maximum absolute atomic E-state index is 11.8. The molecule has 1 aromatic rings. The zero-order valence-electron chi connectivity index (χ0n) is 12.2. The Hall–Kier alpha value is -2.21. The molecule has 1 amide bonds. The highest BCUT2D eigenvalue weighted by Crippen LogP contribution is 2.11. The van der Waals surface area contributed by atoms with Crippen LogP contribution in [-0.2, 0) is 19.1 Å². The molecular formula is C15H19NO5. The van der Waals surface area contributed by atoms with Gasteiger partial charge < -0.3 is 14.8 Å². The summed E-state index contributed by atoms with van der Waals surface area (Å²) >= 11 is 0. The van der Waals surface area contributed by atoms with Gasteiger partial charge in [0.25, 0.3) is 0 Å². The summed E-state index contributed by atoms with van der Waals surface area (Å²) in [6.45, 7) is 1.41. The average Bonchev–Trinajstić information content (AvgIpc) is 2.46. The van der Waals surface area contributed by atoms with Gasteiger partial charge in [-0.05, 0) is 30.7 Å². The van der Waals surface area contributed by atoms with Gasteiger partial charge in [0, 0.05) is 24.8 Å². The van der Waals surface area contributed by atoms with Crippen molar-refractivity contribution in [1.82, 2.24) is 0 Å². The normalized spacial score (nSPS) is 10.0. The van der Waals surface area contributed by atoms with Crippen LogP contribution in [0.15, 0.2) is 24.3 Å². The van der Waals surface area contributed by atoms with E-state index in [9.17, 15) is 14.4 Å². The lowest BCUT2D eigenvalue weighted by atomic mass is 10.1. The van der Waals surface area contributed by atoms with E-state index in [1.165, 1.54) is 7.11 Å². The number of hydrogen-bond donors (Lipinski definition) is 1. The second-order valence-corrected chi connectivity index (χ2v) is 4.39. The van der Waals surface area contributed by atoms with Crippen molar-refractivity contribution < 1.29 is 23.9 Å². The summed E-state index contributed by atoms with van der Waals surface area (Å²) in [4.78, 5) is 34.3. The summed E-state index contributed by atoms with van der Waals surface area (Å²) in [7, 11) is 1.37. The standard InChI is InChI=1S/C15H19NO5/c1-3-4-14(18)16-12-7-5-11(6-8-12)13(17)9-21-15(19)10-20-2/h5-8H,3-4,9-10H2,1-2H3,(H,16,18). The number of anilines is 1. The molecule has 0 bridgehead atoms. The molecule has 0 saturated heterocycles. The molecule has 1 N–H and O–H groups in total. The lowest BCUT2D eigenvalue weighted by molar-refractivity contribution is -0.146. The van der Waals surface area contributed by atoms with Crippen LogP contribution in [0.3, 0.4) is 0 Å². The van der Waals surface area contributed by atoms with Crippen LogP contribution in [0.2, 0.25) is 0 Å². The number of carbonyl (C=O) groups is 3. The number of ether oxygens (including phenoxy) is 2. The van der Waals surface area contributed by atoms with Crippen LogP contribution in [0, 0.1) is 0 Å². The van der Waals surface area contributed by atoms with Crippen molar-refractivity contribution >= 4 is 23.3 Å². The van der Waals surface area contributed by atoms with Crippen molar-refractivity contribution in [3.63, 3.8) is 0 Å². The maximum atomic E-state index is 11.8. The minimum Gasteiger partial charge on any atom is -0.456 e. The predicted octanol–water partition coefficient (Wildman–Crippen LogP) is 1.80. The molecule has 1 aromatic carbocycles. The number of nitrogens with one attached hydrogen (secondary N) is 1. The van der Waals surface area contributed by atoms with Crippen LogP contribution in [0.5, 0.6) is 0 Å². The van der Waals surface area contributed by atoms with Gasteiger partial charge in [-0.3, -0.25) is 9.59 Å². The van der Waals surface area contributed by atoms with Crippen molar-refractivity contribution in [2.75, 3.05) is 25.6 Å². The van der Waals surface area contributed by atoms with Crippen molar-refractivity contribution in [2.45, 2.75) is 19.8 Å². The number of methoxy groups -OCH3 is 1. The lowest BCUT2D eigenvalue weighted by Gasteiger charge is -2.06. The predicted molar refractivity (Wildman–Crippen MR) is 77.1 cm³/mol. The molecule has 0 atom stereocenters. The van der Waals surface area contributed by atoms with Crippen molar-refractivity contribution in [2.24, 2.45) is 0 Å². The van der Waals surface area contributed by atoms with E-state index in [2.05, 4.69) is 10.1 Å². The first-order chi connectivity index (χ1) is 10.1. The van der Waals surface area contributed by atoms with Gasteiger partial charge in [-0.15, -0.1) is 0 Å². The molecular weight excluding hydrogens is 274 g/mol. The Morgan fingerprint density at radius 2 is 1.76 bits per heavy atom. The Bertz CT molecular complexity index is 495. The smallest absolute Gasteiger partial charge is 0.332 e. The van der Waals surface area contributed by atoms with Gasteiger partial charge in [-0.2, -0.15) is 0 Å². The van der Waals surface area contributed by atoms with Gasteiger partial charge in [0.05, 0.1) is 0 Å². The fourth-order valence-electron chi connectivity index (χ4n) is 1.58. The third kappa shape index (κ3) is 6.18. The number of rotatable bonds is 8. The summed E-state index contributed by atoms with van der Waals surface area (Å²) in [5.41, 5.74) is 1.04. The number of hydrogen-bond acceptors (Lipinski definition) is 5. The minimum atomic E-state index is -0.589. The van der Waals surface area contributed by atoms with Crippen LogP contribution in [0.1, 0.15) is 30.1 Å².